The number of rotatable bonds is 4. The van der Waals surface area contributed by atoms with Gasteiger partial charge in [0.2, 0.25) is 5.91 Å². The van der Waals surface area contributed by atoms with Crippen LogP contribution in [-0.4, -0.2) is 47.7 Å². The summed E-state index contributed by atoms with van der Waals surface area (Å²) in [5, 5.41) is 8.93. The van der Waals surface area contributed by atoms with Crippen molar-refractivity contribution in [3.8, 4) is 0 Å². The van der Waals surface area contributed by atoms with E-state index in [0.717, 1.165) is 12.2 Å². The first kappa shape index (κ1) is 14.8. The van der Waals surface area contributed by atoms with Gasteiger partial charge in [-0.3, -0.25) is 4.79 Å². The summed E-state index contributed by atoms with van der Waals surface area (Å²) in [6.07, 6.45) is 3.26. The Labute approximate surface area is 128 Å². The number of ether oxygens (including phenoxy) is 1. The molecule has 1 saturated heterocycles. The summed E-state index contributed by atoms with van der Waals surface area (Å²) >= 11 is 0. The van der Waals surface area contributed by atoms with E-state index in [1.807, 2.05) is 12.1 Å². The Morgan fingerprint density at radius 2 is 2.18 bits per heavy atom. The van der Waals surface area contributed by atoms with E-state index >= 15 is 0 Å². The molecule has 1 aromatic rings. The first-order valence-corrected chi connectivity index (χ1v) is 7.45. The van der Waals surface area contributed by atoms with Crippen molar-refractivity contribution in [3.05, 3.63) is 29.7 Å². The molecule has 0 radical (unpaired) electrons. The zero-order valence-corrected chi connectivity index (χ0v) is 12.4. The maximum Gasteiger partial charge on any atom is 0.334 e. The van der Waals surface area contributed by atoms with Crippen LogP contribution in [0.5, 0.6) is 0 Å². The molecule has 22 heavy (non-hydrogen) atoms. The lowest BCUT2D eigenvalue weighted by Gasteiger charge is -2.29. The molecule has 118 valence electrons. The molecule has 6 heteroatoms. The number of hydrogen-bond acceptors (Lipinski definition) is 4. The normalized spacial score (nSPS) is 28.0. The number of morpholine rings is 1. The minimum absolute atomic E-state index is 0.0709. The van der Waals surface area contributed by atoms with Crippen molar-refractivity contribution < 1.29 is 23.8 Å². The Morgan fingerprint density at radius 1 is 1.41 bits per heavy atom. The van der Waals surface area contributed by atoms with Gasteiger partial charge in [0.15, 0.2) is 6.10 Å². The predicted octanol–water partition coefficient (Wildman–Crippen LogP) is 1.73. The standard InChI is InChI=1S/C16H19NO5/c1-10-8-12(10)13-4-2-11(22-13)3-5-15(18)17-6-7-21-14(9-17)16(19)20/h2-5,10,12,14H,6-9H2,1H3,(H,19,20)/b5-3+. The van der Waals surface area contributed by atoms with Gasteiger partial charge in [-0.25, -0.2) is 4.79 Å². The summed E-state index contributed by atoms with van der Waals surface area (Å²) in [7, 11) is 0. The van der Waals surface area contributed by atoms with Crippen molar-refractivity contribution in [1.82, 2.24) is 4.90 Å². The fraction of sp³-hybridized carbons (Fsp3) is 0.500. The number of hydrogen-bond donors (Lipinski definition) is 1. The molecule has 3 atom stereocenters. The smallest absolute Gasteiger partial charge is 0.334 e. The maximum atomic E-state index is 12.1. The molecule has 1 N–H and O–H groups in total. The van der Waals surface area contributed by atoms with Gasteiger partial charge in [0, 0.05) is 18.5 Å². The third-order valence-corrected chi connectivity index (χ3v) is 4.17. The van der Waals surface area contributed by atoms with E-state index in [0.29, 0.717) is 24.1 Å². The van der Waals surface area contributed by atoms with Crippen LogP contribution in [0.1, 0.15) is 30.8 Å². The number of furan rings is 1. The topological polar surface area (TPSA) is 80.0 Å². The van der Waals surface area contributed by atoms with E-state index in [2.05, 4.69) is 6.92 Å². The lowest BCUT2D eigenvalue weighted by atomic mass is 10.2. The first-order chi connectivity index (χ1) is 10.5. The maximum absolute atomic E-state index is 12.1. The minimum Gasteiger partial charge on any atom is -0.479 e. The Balaban J connectivity index is 1.58. The predicted molar refractivity (Wildman–Crippen MR) is 78.2 cm³/mol. The van der Waals surface area contributed by atoms with Crippen LogP contribution >= 0.6 is 0 Å². The highest BCUT2D eigenvalue weighted by atomic mass is 16.5. The molecule has 1 aliphatic heterocycles. The second kappa shape index (κ2) is 5.96. The SMILES string of the molecule is CC1CC1c1ccc(/C=C/C(=O)N2CCOC(C(=O)O)C2)o1. The van der Waals surface area contributed by atoms with E-state index in [-0.39, 0.29) is 19.1 Å². The van der Waals surface area contributed by atoms with E-state index in [9.17, 15) is 9.59 Å². The number of aliphatic carboxylic acids is 1. The van der Waals surface area contributed by atoms with Crippen molar-refractivity contribution in [2.24, 2.45) is 5.92 Å². The van der Waals surface area contributed by atoms with Crippen molar-refractivity contribution in [2.45, 2.75) is 25.4 Å². The van der Waals surface area contributed by atoms with Crippen LogP contribution in [0.2, 0.25) is 0 Å². The summed E-state index contributed by atoms with van der Waals surface area (Å²) in [4.78, 5) is 24.5. The molecule has 2 heterocycles. The molecule has 3 rings (SSSR count). The van der Waals surface area contributed by atoms with Crippen LogP contribution in [0.15, 0.2) is 22.6 Å². The largest absolute Gasteiger partial charge is 0.479 e. The van der Waals surface area contributed by atoms with E-state index in [1.165, 1.54) is 11.0 Å². The summed E-state index contributed by atoms with van der Waals surface area (Å²) in [6, 6.07) is 3.80. The first-order valence-electron chi connectivity index (χ1n) is 7.45. The number of nitrogens with zero attached hydrogens (tertiary/aromatic N) is 1. The Kier molecular flexibility index (Phi) is 4.02. The highest BCUT2D eigenvalue weighted by molar-refractivity contribution is 5.92. The molecular weight excluding hydrogens is 286 g/mol. The molecule has 2 fully saturated rings. The molecular formula is C16H19NO5. The fourth-order valence-corrected chi connectivity index (χ4v) is 2.63. The quantitative estimate of drug-likeness (QED) is 0.857. The zero-order chi connectivity index (χ0) is 15.7. The van der Waals surface area contributed by atoms with E-state index < -0.39 is 12.1 Å². The summed E-state index contributed by atoms with van der Waals surface area (Å²) < 4.78 is 10.8. The number of carboxylic acids is 1. The number of carboxylic acid groups (broad SMARTS) is 1. The van der Waals surface area contributed by atoms with E-state index in [1.54, 1.807) is 6.08 Å². The Hall–Kier alpha value is -2.08. The van der Waals surface area contributed by atoms with E-state index in [4.69, 9.17) is 14.3 Å². The number of amides is 1. The lowest BCUT2D eigenvalue weighted by molar-refractivity contribution is -0.158. The van der Waals surface area contributed by atoms with Gasteiger partial charge in [0.05, 0.1) is 13.2 Å². The van der Waals surface area contributed by atoms with Gasteiger partial charge < -0.3 is 19.2 Å². The van der Waals surface area contributed by atoms with Crippen molar-refractivity contribution in [3.63, 3.8) is 0 Å². The summed E-state index contributed by atoms with van der Waals surface area (Å²) in [6.45, 7) is 2.89. The molecule has 1 aromatic heterocycles. The van der Waals surface area contributed by atoms with Gasteiger partial charge in [-0.1, -0.05) is 6.92 Å². The third-order valence-electron chi connectivity index (χ3n) is 4.17. The van der Waals surface area contributed by atoms with Crippen LogP contribution in [0, 0.1) is 5.92 Å². The molecule has 1 amide bonds. The summed E-state index contributed by atoms with van der Waals surface area (Å²) in [5.74, 6) is 1.52. The Morgan fingerprint density at radius 3 is 2.86 bits per heavy atom. The highest BCUT2D eigenvalue weighted by Gasteiger charge is 2.36. The average molecular weight is 305 g/mol. The van der Waals surface area contributed by atoms with Crippen LogP contribution < -0.4 is 0 Å². The fourth-order valence-electron chi connectivity index (χ4n) is 2.63. The number of carbonyl (C=O) groups excluding carboxylic acids is 1. The molecule has 2 aliphatic rings. The van der Waals surface area contributed by atoms with Crippen molar-refractivity contribution >= 4 is 18.0 Å². The van der Waals surface area contributed by atoms with Gasteiger partial charge in [-0.15, -0.1) is 0 Å². The molecule has 3 unspecified atom stereocenters. The van der Waals surface area contributed by atoms with Crippen molar-refractivity contribution in [1.29, 1.82) is 0 Å². The average Bonchev–Trinajstić information content (AvgIpc) is 3.06. The minimum atomic E-state index is -1.05. The second-order valence-electron chi connectivity index (χ2n) is 5.87. The molecule has 6 nitrogen and oxygen atoms in total. The molecule has 0 spiro atoms. The van der Waals surface area contributed by atoms with Gasteiger partial charge in [-0.2, -0.15) is 0 Å². The van der Waals surface area contributed by atoms with Crippen LogP contribution in [-0.2, 0) is 14.3 Å². The highest BCUT2D eigenvalue weighted by Crippen LogP contribution is 2.47. The van der Waals surface area contributed by atoms with Crippen LogP contribution in [0.3, 0.4) is 0 Å². The van der Waals surface area contributed by atoms with Gasteiger partial charge >= 0.3 is 5.97 Å². The number of carbonyl (C=O) groups is 2. The zero-order valence-electron chi connectivity index (χ0n) is 12.4. The van der Waals surface area contributed by atoms with Gasteiger partial charge in [-0.05, 0) is 30.5 Å². The van der Waals surface area contributed by atoms with Gasteiger partial charge in [0.25, 0.3) is 0 Å². The third kappa shape index (κ3) is 3.22. The monoisotopic (exact) mass is 305 g/mol. The molecule has 1 aliphatic carbocycles. The second-order valence-corrected chi connectivity index (χ2v) is 5.87. The van der Waals surface area contributed by atoms with Gasteiger partial charge in [0.1, 0.15) is 11.5 Å². The molecule has 1 saturated carbocycles. The van der Waals surface area contributed by atoms with Crippen molar-refractivity contribution in [2.75, 3.05) is 19.7 Å². The van der Waals surface area contributed by atoms with Crippen LogP contribution in [0.25, 0.3) is 6.08 Å². The molecule has 0 bridgehead atoms. The lowest BCUT2D eigenvalue weighted by Crippen LogP contribution is -2.48. The summed E-state index contributed by atoms with van der Waals surface area (Å²) in [5.41, 5.74) is 0. The van der Waals surface area contributed by atoms with Crippen LogP contribution in [0.4, 0.5) is 0 Å². The molecule has 0 aromatic carbocycles. The Bertz CT molecular complexity index is 605.